The number of methoxy groups -OCH3 is 1. The third-order valence-corrected chi connectivity index (χ3v) is 3.88. The number of phenols is 1. The first-order valence-corrected chi connectivity index (χ1v) is 7.69. The topological polar surface area (TPSA) is 79.8 Å². The molecule has 1 aliphatic rings. The van der Waals surface area contributed by atoms with Crippen LogP contribution in [0.25, 0.3) is 0 Å². The van der Waals surface area contributed by atoms with Crippen molar-refractivity contribution in [3.63, 3.8) is 0 Å². The summed E-state index contributed by atoms with van der Waals surface area (Å²) in [6, 6.07) is 2.59. The molecular weight excluding hydrogens is 340 g/mol. The van der Waals surface area contributed by atoms with Gasteiger partial charge in [0.25, 0.3) is 0 Å². The summed E-state index contributed by atoms with van der Waals surface area (Å²) in [5, 5.41) is 16.3. The monoisotopic (exact) mass is 356 g/mol. The molecule has 0 amide bonds. The van der Waals surface area contributed by atoms with Gasteiger partial charge in [0.05, 0.1) is 30.4 Å². The van der Waals surface area contributed by atoms with Crippen molar-refractivity contribution >= 4 is 34.9 Å². The quantitative estimate of drug-likeness (QED) is 0.564. The van der Waals surface area contributed by atoms with Gasteiger partial charge in [-0.25, -0.2) is 4.79 Å². The van der Waals surface area contributed by atoms with Crippen molar-refractivity contribution in [2.24, 2.45) is 0 Å². The van der Waals surface area contributed by atoms with Crippen molar-refractivity contribution in [3.8, 4) is 11.5 Å². The number of esters is 1. The highest BCUT2D eigenvalue weighted by Gasteiger charge is 2.31. The second-order valence-electron chi connectivity index (χ2n) is 4.84. The number of phenolic OH excluding ortho intramolecular Hbond substituents is 1. The molecule has 0 spiro atoms. The van der Waals surface area contributed by atoms with Crippen LogP contribution in [0.5, 0.6) is 11.5 Å². The molecule has 0 radical (unpaired) electrons. The zero-order valence-electron chi connectivity index (χ0n) is 12.9. The van der Waals surface area contributed by atoms with Crippen LogP contribution in [0.2, 0.25) is 5.02 Å². The van der Waals surface area contributed by atoms with Gasteiger partial charge < -0.3 is 25.2 Å². The lowest BCUT2D eigenvalue weighted by Crippen LogP contribution is -2.45. The van der Waals surface area contributed by atoms with E-state index in [1.165, 1.54) is 7.11 Å². The van der Waals surface area contributed by atoms with Gasteiger partial charge in [0.1, 0.15) is 0 Å². The second kappa shape index (κ2) is 7.06. The molecule has 0 aromatic heterocycles. The molecule has 1 heterocycles. The van der Waals surface area contributed by atoms with Crippen molar-refractivity contribution in [2.75, 3.05) is 13.7 Å². The van der Waals surface area contributed by atoms with Gasteiger partial charge in [-0.2, -0.15) is 0 Å². The zero-order chi connectivity index (χ0) is 17.1. The van der Waals surface area contributed by atoms with Crippen LogP contribution < -0.4 is 15.4 Å². The maximum atomic E-state index is 12.3. The minimum atomic E-state index is -0.560. The average Bonchev–Trinajstić information content (AvgIpc) is 2.49. The van der Waals surface area contributed by atoms with E-state index in [9.17, 15) is 9.90 Å². The van der Waals surface area contributed by atoms with Crippen LogP contribution in [0.15, 0.2) is 23.4 Å². The van der Waals surface area contributed by atoms with Gasteiger partial charge in [0.15, 0.2) is 16.6 Å². The highest BCUT2D eigenvalue weighted by Crippen LogP contribution is 2.39. The number of carbonyl (C=O) groups is 1. The van der Waals surface area contributed by atoms with Crippen molar-refractivity contribution in [2.45, 2.75) is 19.9 Å². The number of allylic oxidation sites excluding steroid dienone is 1. The smallest absolute Gasteiger partial charge is 0.338 e. The van der Waals surface area contributed by atoms with Crippen LogP contribution in [-0.4, -0.2) is 29.9 Å². The van der Waals surface area contributed by atoms with Crippen LogP contribution in [0.4, 0.5) is 0 Å². The van der Waals surface area contributed by atoms with Crippen molar-refractivity contribution < 1.29 is 19.4 Å². The summed E-state index contributed by atoms with van der Waals surface area (Å²) in [6.07, 6.45) is 0. The first kappa shape index (κ1) is 17.4. The maximum absolute atomic E-state index is 12.3. The molecule has 2 rings (SSSR count). The summed E-state index contributed by atoms with van der Waals surface area (Å²) in [4.78, 5) is 12.3. The Morgan fingerprint density at radius 3 is 2.78 bits per heavy atom. The molecule has 3 N–H and O–H groups in total. The molecule has 1 aromatic carbocycles. The van der Waals surface area contributed by atoms with E-state index in [1.54, 1.807) is 26.0 Å². The number of aromatic hydroxyl groups is 1. The van der Waals surface area contributed by atoms with Crippen LogP contribution in [-0.2, 0) is 9.53 Å². The maximum Gasteiger partial charge on any atom is 0.338 e. The Labute approximate surface area is 144 Å². The summed E-state index contributed by atoms with van der Waals surface area (Å²) in [5.41, 5.74) is 1.61. The normalized spacial score (nSPS) is 17.4. The number of hydrogen-bond acceptors (Lipinski definition) is 5. The lowest BCUT2D eigenvalue weighted by Gasteiger charge is -2.30. The molecular formula is C15H17ClN2O4S. The van der Waals surface area contributed by atoms with Crippen molar-refractivity contribution in [1.82, 2.24) is 10.6 Å². The zero-order valence-corrected chi connectivity index (χ0v) is 14.5. The van der Waals surface area contributed by atoms with Crippen LogP contribution in [0.1, 0.15) is 25.5 Å². The highest BCUT2D eigenvalue weighted by molar-refractivity contribution is 7.80. The molecule has 8 heteroatoms. The van der Waals surface area contributed by atoms with E-state index in [2.05, 4.69) is 10.6 Å². The van der Waals surface area contributed by atoms with Gasteiger partial charge in [0.2, 0.25) is 0 Å². The third kappa shape index (κ3) is 3.51. The molecule has 0 unspecified atom stereocenters. The Balaban J connectivity index is 2.54. The molecule has 124 valence electrons. The third-order valence-electron chi connectivity index (χ3n) is 3.37. The summed E-state index contributed by atoms with van der Waals surface area (Å²) in [5.74, 6) is -0.409. The largest absolute Gasteiger partial charge is 0.503 e. The molecule has 23 heavy (non-hydrogen) atoms. The van der Waals surface area contributed by atoms with Gasteiger partial charge in [-0.15, -0.1) is 0 Å². The van der Waals surface area contributed by atoms with Crippen LogP contribution in [0.3, 0.4) is 0 Å². The predicted octanol–water partition coefficient (Wildman–Crippen LogP) is 2.41. The van der Waals surface area contributed by atoms with Gasteiger partial charge in [-0.1, -0.05) is 11.6 Å². The number of benzene rings is 1. The molecule has 1 aromatic rings. The standard InChI is InChI=1S/C15H17ClN2O4S/c1-4-22-14(20)11-7(2)17-15(23)18-12(11)8-5-9(16)13(19)10(6-8)21-3/h5-6,12,19H,4H2,1-3H3,(H2,17,18,23)/t12-/m1/s1. The molecule has 0 fully saturated rings. The van der Waals surface area contributed by atoms with Gasteiger partial charge in [0, 0.05) is 5.70 Å². The molecule has 0 saturated carbocycles. The van der Waals surface area contributed by atoms with Crippen molar-refractivity contribution in [1.29, 1.82) is 0 Å². The average molecular weight is 357 g/mol. The molecule has 1 aliphatic heterocycles. The fraction of sp³-hybridized carbons (Fsp3) is 0.333. The highest BCUT2D eigenvalue weighted by atomic mass is 35.5. The van der Waals surface area contributed by atoms with Crippen molar-refractivity contribution in [3.05, 3.63) is 34.0 Å². The van der Waals surface area contributed by atoms with Gasteiger partial charge in [-0.05, 0) is 43.8 Å². The molecule has 0 aliphatic carbocycles. The van der Waals surface area contributed by atoms with E-state index in [0.717, 1.165) is 0 Å². The Bertz CT molecular complexity index is 690. The number of thiocarbonyl (C=S) groups is 1. The van der Waals surface area contributed by atoms with E-state index in [1.807, 2.05) is 0 Å². The Morgan fingerprint density at radius 2 is 2.17 bits per heavy atom. The summed E-state index contributed by atoms with van der Waals surface area (Å²) in [6.45, 7) is 3.73. The SMILES string of the molecule is CCOC(=O)C1=C(C)NC(=S)N[C@@H]1c1cc(Cl)c(O)c(OC)c1. The van der Waals surface area contributed by atoms with E-state index in [4.69, 9.17) is 33.3 Å². The summed E-state index contributed by atoms with van der Waals surface area (Å²) in [7, 11) is 1.42. The molecule has 1 atom stereocenters. The molecule has 0 bridgehead atoms. The number of carbonyl (C=O) groups excluding carboxylic acids is 1. The van der Waals surface area contributed by atoms with E-state index < -0.39 is 12.0 Å². The number of hydrogen-bond donors (Lipinski definition) is 3. The summed E-state index contributed by atoms with van der Waals surface area (Å²) < 4.78 is 10.2. The van der Waals surface area contributed by atoms with E-state index >= 15 is 0 Å². The predicted molar refractivity (Wildman–Crippen MR) is 90.6 cm³/mol. The first-order valence-electron chi connectivity index (χ1n) is 6.90. The van der Waals surface area contributed by atoms with E-state index in [-0.39, 0.29) is 23.1 Å². The number of rotatable bonds is 4. The summed E-state index contributed by atoms with van der Waals surface area (Å²) >= 11 is 11.2. The van der Waals surface area contributed by atoms with Gasteiger partial charge >= 0.3 is 5.97 Å². The van der Waals surface area contributed by atoms with Crippen LogP contribution >= 0.6 is 23.8 Å². The van der Waals surface area contributed by atoms with E-state index in [0.29, 0.717) is 21.9 Å². The number of ether oxygens (including phenoxy) is 2. The lowest BCUT2D eigenvalue weighted by molar-refractivity contribution is -0.139. The lowest BCUT2D eigenvalue weighted by atomic mass is 9.95. The molecule has 6 nitrogen and oxygen atoms in total. The minimum Gasteiger partial charge on any atom is -0.503 e. The van der Waals surface area contributed by atoms with Gasteiger partial charge in [-0.3, -0.25) is 0 Å². The number of nitrogens with one attached hydrogen (secondary N) is 2. The fourth-order valence-electron chi connectivity index (χ4n) is 2.34. The Kier molecular flexibility index (Phi) is 5.33. The Morgan fingerprint density at radius 1 is 1.48 bits per heavy atom. The Hall–Kier alpha value is -1.99. The second-order valence-corrected chi connectivity index (χ2v) is 5.66. The molecule has 0 saturated heterocycles. The van der Waals surface area contributed by atoms with Crippen LogP contribution in [0, 0.1) is 0 Å². The number of halogens is 1. The first-order chi connectivity index (χ1) is 10.9. The fourth-order valence-corrected chi connectivity index (χ4v) is 2.83. The minimum absolute atomic E-state index is 0.117.